The normalized spacial score (nSPS) is 11.2. The molecule has 0 aromatic heterocycles. The van der Waals surface area contributed by atoms with Crippen molar-refractivity contribution < 1.29 is 14.7 Å². The summed E-state index contributed by atoms with van der Waals surface area (Å²) in [6.45, 7) is 0. The van der Waals surface area contributed by atoms with Gasteiger partial charge in [-0.3, -0.25) is 0 Å². The zero-order valence-electron chi connectivity index (χ0n) is 11.1. The summed E-state index contributed by atoms with van der Waals surface area (Å²) >= 11 is 1.53. The number of benzene rings is 1. The molecule has 0 saturated heterocycles. The monoisotopic (exact) mass is 292 g/mol. The highest BCUT2D eigenvalue weighted by atomic mass is 32.2. The number of carbonyl (C=O) groups is 2. The van der Waals surface area contributed by atoms with Gasteiger partial charge in [0.25, 0.3) is 0 Å². The van der Waals surface area contributed by atoms with Crippen LogP contribution in [0.25, 0.3) is 0 Å². The van der Waals surface area contributed by atoms with Crippen molar-refractivity contribution in [2.75, 3.05) is 17.3 Å². The summed E-state index contributed by atoms with van der Waals surface area (Å²) < 4.78 is 0. The fourth-order valence-electron chi connectivity index (χ4n) is 1.51. The molecule has 20 heavy (non-hydrogen) atoms. The first-order chi connectivity index (χ1) is 9.56. The predicted octanol–water partition coefficient (Wildman–Crippen LogP) is 2.00. The van der Waals surface area contributed by atoms with Crippen LogP contribution in [0.2, 0.25) is 0 Å². The van der Waals surface area contributed by atoms with E-state index in [9.17, 15) is 9.59 Å². The van der Waals surface area contributed by atoms with Gasteiger partial charge >= 0.3 is 12.0 Å². The fraction of sp³-hybridized carbons (Fsp3) is 0.286. The van der Waals surface area contributed by atoms with Gasteiger partial charge in [0, 0.05) is 11.3 Å². The van der Waals surface area contributed by atoms with Crippen LogP contribution < -0.4 is 10.6 Å². The third kappa shape index (κ3) is 5.24. The number of amides is 2. The van der Waals surface area contributed by atoms with Crippen molar-refractivity contribution in [2.24, 2.45) is 0 Å². The van der Waals surface area contributed by atoms with E-state index in [0.717, 1.165) is 0 Å². The van der Waals surface area contributed by atoms with Gasteiger partial charge in [-0.25, -0.2) is 9.59 Å². The van der Waals surface area contributed by atoms with Crippen LogP contribution in [-0.4, -0.2) is 35.2 Å². The third-order valence-electron chi connectivity index (χ3n) is 2.50. The molecule has 1 rings (SSSR count). The van der Waals surface area contributed by atoms with Crippen LogP contribution in [0.1, 0.15) is 12.0 Å². The van der Waals surface area contributed by atoms with Crippen LogP contribution >= 0.6 is 11.8 Å². The minimum Gasteiger partial charge on any atom is -0.480 e. The molecule has 106 valence electrons. The molecule has 3 N–H and O–H groups in total. The number of carboxylic acids is 1. The van der Waals surface area contributed by atoms with Gasteiger partial charge in [0.05, 0.1) is 0 Å². The lowest BCUT2D eigenvalue weighted by Crippen LogP contribution is -2.43. The second-order valence-corrected chi connectivity index (χ2v) is 4.98. The minimum absolute atomic E-state index is 0.369. The van der Waals surface area contributed by atoms with Gasteiger partial charge < -0.3 is 15.7 Å². The zero-order chi connectivity index (χ0) is 15.0. The Balaban J connectivity index is 2.61. The standard InChI is InChI=1S/C14H16N2O3S/c1-3-10-5-4-6-11(9-10)15-14(19)16-12(13(17)18)7-8-20-2/h1,4-6,9,12H,7-8H2,2H3,(H,17,18)(H2,15,16,19). The molecule has 2 amide bonds. The largest absolute Gasteiger partial charge is 0.480 e. The highest BCUT2D eigenvalue weighted by Gasteiger charge is 2.19. The van der Waals surface area contributed by atoms with Gasteiger partial charge in [-0.1, -0.05) is 12.0 Å². The quantitative estimate of drug-likeness (QED) is 0.701. The van der Waals surface area contributed by atoms with Crippen LogP contribution in [0.5, 0.6) is 0 Å². The molecule has 0 fully saturated rings. The fourth-order valence-corrected chi connectivity index (χ4v) is 1.98. The minimum atomic E-state index is -1.05. The summed E-state index contributed by atoms with van der Waals surface area (Å²) in [5.41, 5.74) is 1.16. The highest BCUT2D eigenvalue weighted by Crippen LogP contribution is 2.09. The van der Waals surface area contributed by atoms with Crippen molar-refractivity contribution in [1.82, 2.24) is 5.32 Å². The topological polar surface area (TPSA) is 78.4 Å². The van der Waals surface area contributed by atoms with E-state index >= 15 is 0 Å². The molecule has 1 atom stereocenters. The lowest BCUT2D eigenvalue weighted by Gasteiger charge is -2.14. The second-order valence-electron chi connectivity index (χ2n) is 4.00. The van der Waals surface area contributed by atoms with Crippen molar-refractivity contribution in [1.29, 1.82) is 0 Å². The highest BCUT2D eigenvalue weighted by molar-refractivity contribution is 7.98. The number of aliphatic carboxylic acids is 1. The molecular weight excluding hydrogens is 276 g/mol. The maximum absolute atomic E-state index is 11.7. The van der Waals surface area contributed by atoms with Crippen LogP contribution in [0.4, 0.5) is 10.5 Å². The van der Waals surface area contributed by atoms with Crippen molar-refractivity contribution in [3.8, 4) is 12.3 Å². The maximum Gasteiger partial charge on any atom is 0.326 e. The lowest BCUT2D eigenvalue weighted by atomic mass is 10.2. The molecule has 0 aliphatic carbocycles. The predicted molar refractivity (Wildman–Crippen MR) is 81.0 cm³/mol. The number of carboxylic acid groups (broad SMARTS) is 1. The van der Waals surface area contributed by atoms with Crippen molar-refractivity contribution in [2.45, 2.75) is 12.5 Å². The first kappa shape index (κ1) is 15.9. The zero-order valence-corrected chi connectivity index (χ0v) is 11.9. The second kappa shape index (κ2) is 8.12. The number of urea groups is 1. The summed E-state index contributed by atoms with van der Waals surface area (Å²) in [5.74, 6) is 2.07. The molecule has 0 spiro atoms. The van der Waals surface area contributed by atoms with Gasteiger partial charge in [-0.15, -0.1) is 6.42 Å². The van der Waals surface area contributed by atoms with E-state index in [1.807, 2.05) is 6.26 Å². The molecule has 0 aliphatic heterocycles. The number of terminal acetylenes is 1. The molecule has 1 aromatic carbocycles. The number of thioether (sulfide) groups is 1. The van der Waals surface area contributed by atoms with Gasteiger partial charge in [0.15, 0.2) is 0 Å². The average molecular weight is 292 g/mol. The Hall–Kier alpha value is -2.13. The molecule has 6 heteroatoms. The van der Waals surface area contributed by atoms with Crippen LogP contribution in [0.3, 0.4) is 0 Å². The van der Waals surface area contributed by atoms with E-state index in [0.29, 0.717) is 23.4 Å². The molecule has 0 heterocycles. The first-order valence-electron chi connectivity index (χ1n) is 5.92. The van der Waals surface area contributed by atoms with Crippen LogP contribution in [-0.2, 0) is 4.79 Å². The summed E-state index contributed by atoms with van der Waals surface area (Å²) in [6.07, 6.45) is 7.52. The van der Waals surface area contributed by atoms with Gasteiger partial charge in [0.1, 0.15) is 6.04 Å². The van der Waals surface area contributed by atoms with Crippen LogP contribution in [0, 0.1) is 12.3 Å². The first-order valence-corrected chi connectivity index (χ1v) is 7.32. The Morgan fingerprint density at radius 2 is 2.25 bits per heavy atom. The van der Waals surface area contributed by atoms with Crippen molar-refractivity contribution in [3.05, 3.63) is 29.8 Å². The van der Waals surface area contributed by atoms with Crippen molar-refractivity contribution in [3.63, 3.8) is 0 Å². The van der Waals surface area contributed by atoms with Gasteiger partial charge in [-0.05, 0) is 36.6 Å². The SMILES string of the molecule is C#Cc1cccc(NC(=O)NC(CCSC)C(=O)O)c1. The smallest absolute Gasteiger partial charge is 0.326 e. The third-order valence-corrected chi connectivity index (χ3v) is 3.15. The summed E-state index contributed by atoms with van der Waals surface area (Å²) in [4.78, 5) is 22.8. The van der Waals surface area contributed by atoms with E-state index in [1.54, 1.807) is 24.3 Å². The molecule has 0 radical (unpaired) electrons. The Morgan fingerprint density at radius 1 is 1.50 bits per heavy atom. The van der Waals surface area contributed by atoms with E-state index in [-0.39, 0.29) is 0 Å². The Bertz CT molecular complexity index is 525. The Kier molecular flexibility index (Phi) is 6.47. The molecule has 0 bridgehead atoms. The molecular formula is C14H16N2O3S. The van der Waals surface area contributed by atoms with E-state index < -0.39 is 18.0 Å². The van der Waals surface area contributed by atoms with Gasteiger partial charge in [0.2, 0.25) is 0 Å². The number of nitrogens with one attached hydrogen (secondary N) is 2. The number of hydrogen-bond donors (Lipinski definition) is 3. The Labute approximate surface area is 122 Å². The van der Waals surface area contributed by atoms with Gasteiger partial charge in [-0.2, -0.15) is 11.8 Å². The summed E-state index contributed by atoms with van der Waals surface area (Å²) in [6, 6.07) is 5.30. The lowest BCUT2D eigenvalue weighted by molar-refractivity contribution is -0.139. The van der Waals surface area contributed by atoms with E-state index in [4.69, 9.17) is 11.5 Å². The molecule has 0 saturated carbocycles. The molecule has 5 nitrogen and oxygen atoms in total. The Morgan fingerprint density at radius 3 is 2.85 bits per heavy atom. The number of rotatable bonds is 6. The number of hydrogen-bond acceptors (Lipinski definition) is 3. The summed E-state index contributed by atoms with van der Waals surface area (Å²) in [5, 5.41) is 14.0. The molecule has 1 unspecified atom stereocenters. The molecule has 1 aromatic rings. The number of carbonyl (C=O) groups excluding carboxylic acids is 1. The number of anilines is 1. The van der Waals surface area contributed by atoms with E-state index in [1.165, 1.54) is 11.8 Å². The van der Waals surface area contributed by atoms with E-state index in [2.05, 4.69) is 16.6 Å². The maximum atomic E-state index is 11.7. The van der Waals surface area contributed by atoms with Crippen LogP contribution in [0.15, 0.2) is 24.3 Å². The molecule has 0 aliphatic rings. The summed E-state index contributed by atoms with van der Waals surface area (Å²) in [7, 11) is 0. The van der Waals surface area contributed by atoms with Crippen molar-refractivity contribution >= 4 is 29.4 Å². The average Bonchev–Trinajstić information content (AvgIpc) is 2.43.